The number of likely N-dealkylation sites (tertiary alicyclic amines) is 1. The van der Waals surface area contributed by atoms with Crippen LogP contribution in [0.25, 0.3) is 112 Å². The van der Waals surface area contributed by atoms with E-state index in [-0.39, 0.29) is 6.10 Å². The maximum Gasteiger partial charge on any atom is 0.212 e. The smallest absolute Gasteiger partial charge is 0.212 e. The lowest BCUT2D eigenvalue weighted by atomic mass is 10.1. The molecule has 9 aromatic heterocycles. The molecule has 1 fully saturated rings. The highest BCUT2D eigenvalue weighted by Crippen LogP contribution is 2.32. The summed E-state index contributed by atoms with van der Waals surface area (Å²) >= 11 is 0. The van der Waals surface area contributed by atoms with E-state index in [2.05, 4.69) is 231 Å². The van der Waals surface area contributed by atoms with E-state index in [1.807, 2.05) is 148 Å². The third-order valence-electron chi connectivity index (χ3n) is 18.1. The Hall–Kier alpha value is -12.4. The van der Waals surface area contributed by atoms with Crippen LogP contribution in [0.15, 0.2) is 311 Å². The summed E-state index contributed by atoms with van der Waals surface area (Å²) in [5, 5.41) is 0. The summed E-state index contributed by atoms with van der Waals surface area (Å²) < 4.78 is 30.9. The molecule has 0 saturated carbocycles. The Morgan fingerprint density at radius 3 is 1.00 bits per heavy atom. The van der Waals surface area contributed by atoms with Crippen LogP contribution in [0.3, 0.4) is 0 Å². The monoisotopic (exact) mass is 1350 g/mol. The first-order valence-corrected chi connectivity index (χ1v) is 35.3. The molecular weight excluding hydrogens is 1270 g/mol. The van der Waals surface area contributed by atoms with E-state index in [4.69, 9.17) is 18.9 Å². The first-order valence-electron chi connectivity index (χ1n) is 35.3. The van der Waals surface area contributed by atoms with Gasteiger partial charge in [-0.25, -0.2) is 24.9 Å². The number of methoxy groups -OCH3 is 1. The lowest BCUT2D eigenvalue weighted by molar-refractivity contribution is 0.183. The van der Waals surface area contributed by atoms with Gasteiger partial charge in [-0.1, -0.05) is 171 Å². The zero-order valence-electron chi connectivity index (χ0n) is 58.5. The van der Waals surface area contributed by atoms with Gasteiger partial charge in [0.15, 0.2) is 0 Å². The Kier molecular flexibility index (Phi) is 21.5. The highest BCUT2D eigenvalue weighted by atomic mass is 16.5. The Morgan fingerprint density at radius 1 is 0.330 bits per heavy atom. The van der Waals surface area contributed by atoms with Crippen molar-refractivity contribution in [3.8, 4) is 113 Å². The van der Waals surface area contributed by atoms with Crippen molar-refractivity contribution in [2.75, 3.05) is 40.0 Å². The van der Waals surface area contributed by atoms with Crippen LogP contribution in [0.1, 0.15) is 46.5 Å². The molecule has 1 aliphatic heterocycles. The van der Waals surface area contributed by atoms with Crippen LogP contribution in [0.5, 0.6) is 23.1 Å². The van der Waals surface area contributed by atoms with E-state index >= 15 is 0 Å². The molecule has 0 atom stereocenters. The topological polar surface area (TPSA) is 122 Å². The van der Waals surface area contributed by atoms with Gasteiger partial charge in [0, 0.05) is 71.4 Å². The van der Waals surface area contributed by atoms with Crippen molar-refractivity contribution in [2.45, 2.75) is 52.6 Å². The van der Waals surface area contributed by atoms with Crippen molar-refractivity contribution >= 4 is 22.6 Å². The number of hydrogen-bond acceptors (Lipinski definition) is 10. The van der Waals surface area contributed by atoms with Gasteiger partial charge in [-0.05, 0) is 176 Å². The fraction of sp³-hybridized carbons (Fsp3) is 0.157. The van der Waals surface area contributed by atoms with Gasteiger partial charge in [-0.2, -0.15) is 0 Å². The molecule has 17 rings (SSSR count). The van der Waals surface area contributed by atoms with Crippen LogP contribution in [0.4, 0.5) is 0 Å². The highest BCUT2D eigenvalue weighted by Gasteiger charge is 2.14. The number of pyridine rings is 5. The minimum atomic E-state index is 0.184. The fourth-order valence-corrected chi connectivity index (χ4v) is 12.8. The zero-order chi connectivity index (χ0) is 70.1. The minimum absolute atomic E-state index is 0.184. The molecule has 0 N–H and O–H groups in total. The first-order chi connectivity index (χ1) is 50.8. The van der Waals surface area contributed by atoms with Gasteiger partial charge in [-0.15, -0.1) is 0 Å². The van der Waals surface area contributed by atoms with E-state index in [9.17, 15) is 0 Å². The van der Waals surface area contributed by atoms with Crippen molar-refractivity contribution < 1.29 is 18.9 Å². The number of ether oxygens (including phenoxy) is 4. The van der Waals surface area contributed by atoms with Crippen LogP contribution in [0, 0.1) is 0 Å². The van der Waals surface area contributed by atoms with Gasteiger partial charge >= 0.3 is 0 Å². The largest absolute Gasteiger partial charge is 0.494 e. The second kappa shape index (κ2) is 32.7. The second-order valence-electron chi connectivity index (χ2n) is 25.5. The minimum Gasteiger partial charge on any atom is -0.494 e. The molecule has 1 aliphatic rings. The number of rotatable bonds is 18. The van der Waals surface area contributed by atoms with Crippen LogP contribution in [-0.4, -0.2) is 93.5 Å². The molecule has 16 aromatic rings. The van der Waals surface area contributed by atoms with Gasteiger partial charge < -0.3 is 18.9 Å². The molecule has 0 radical (unpaired) electrons. The molecule has 7 aromatic carbocycles. The SMILES string of the molecule is CC(C)Oc1ccc(-c2ccn3c(-c4ccccc4)cnc3c2)cc1.CCCOc1ccc(-c2ccn3c(-c4ccccc4)cnc3c2)cc1.COc1ccc(-c2ccn3c(-c4ccccc4)cnc3c2)cn1.c1ccc(-c2cnc3cc(-c4ccc(OCCN5CCCCC5)cc4)ccn23)cc1. The van der Waals surface area contributed by atoms with Crippen LogP contribution >= 0.6 is 0 Å². The van der Waals surface area contributed by atoms with E-state index in [0.717, 1.165) is 139 Å². The normalized spacial score (nSPS) is 12.1. The molecule has 0 unspecified atom stereocenters. The molecule has 10 heterocycles. The number of imidazole rings is 4. The van der Waals surface area contributed by atoms with Crippen molar-refractivity contribution in [3.63, 3.8) is 0 Å². The molecule has 0 aliphatic carbocycles. The van der Waals surface area contributed by atoms with Gasteiger partial charge in [0.2, 0.25) is 5.88 Å². The molecule has 14 heteroatoms. The van der Waals surface area contributed by atoms with Gasteiger partial charge in [0.1, 0.15) is 46.4 Å². The second-order valence-corrected chi connectivity index (χ2v) is 25.5. The van der Waals surface area contributed by atoms with Crippen LogP contribution in [-0.2, 0) is 0 Å². The molecule has 0 amide bonds. The molecule has 103 heavy (non-hydrogen) atoms. The standard InChI is InChI=1S/C26H27N3O.2C22H20N2O.C19H15N3O/c1-3-7-22(8-4-1)25-20-27-26-19-23(13-16-29(25)26)21-9-11-24(12-10-21)30-18-17-28-14-5-2-6-15-28;1-16(2)25-20-10-8-17(9-11-20)19-12-13-24-21(15-23-22(24)14-19)18-6-4-3-5-7-18;1-2-14-25-20-10-8-17(9-11-20)19-12-13-24-21(16-23-22(24)15-19)18-6-4-3-5-7-18;1-23-19-8-7-16(12-21-19)15-9-10-22-17(13-20-18(22)11-15)14-5-3-2-4-6-14/h1,3-4,7-13,16,19-20H,2,5-6,14-15,17-18H2;3-16H,1-2H3;3-13,15-16H,2,14H2,1H3;2-13H,1H3. The molecule has 0 bridgehead atoms. The quantitative estimate of drug-likeness (QED) is 0.0821. The summed E-state index contributed by atoms with van der Waals surface area (Å²) in [4.78, 5) is 25.1. The Bertz CT molecular complexity index is 5340. The predicted octanol–water partition coefficient (Wildman–Crippen LogP) is 20.5. The summed E-state index contributed by atoms with van der Waals surface area (Å²) in [5.41, 5.74) is 21.9. The first kappa shape index (κ1) is 67.8. The molecule has 0 spiro atoms. The lowest BCUT2D eigenvalue weighted by Gasteiger charge is -2.26. The van der Waals surface area contributed by atoms with Gasteiger partial charge in [-0.3, -0.25) is 22.5 Å². The fourth-order valence-electron chi connectivity index (χ4n) is 12.8. The van der Waals surface area contributed by atoms with Crippen molar-refractivity contribution in [3.05, 3.63) is 311 Å². The van der Waals surface area contributed by atoms with Gasteiger partial charge in [0.05, 0.1) is 67.4 Å². The molecule has 512 valence electrons. The molecular formula is C89H82N10O4. The average Bonchev–Trinajstić information content (AvgIpc) is 1.70. The maximum atomic E-state index is 5.96. The van der Waals surface area contributed by atoms with Crippen molar-refractivity contribution in [1.82, 2.24) is 47.4 Å². The van der Waals surface area contributed by atoms with E-state index in [1.165, 1.54) is 49.0 Å². The van der Waals surface area contributed by atoms with Crippen LogP contribution < -0.4 is 18.9 Å². The van der Waals surface area contributed by atoms with E-state index in [0.29, 0.717) is 5.88 Å². The number of piperidine rings is 1. The summed E-state index contributed by atoms with van der Waals surface area (Å²) in [5.74, 6) is 3.36. The zero-order valence-corrected chi connectivity index (χ0v) is 58.5. The predicted molar refractivity (Wildman–Crippen MR) is 416 cm³/mol. The summed E-state index contributed by atoms with van der Waals surface area (Å²) in [6.07, 6.45) is 23.0. The summed E-state index contributed by atoms with van der Waals surface area (Å²) in [6, 6.07) is 86.9. The maximum absolute atomic E-state index is 5.96. The molecule has 14 nitrogen and oxygen atoms in total. The number of hydrogen-bond donors (Lipinski definition) is 0. The number of aromatic nitrogens is 9. The van der Waals surface area contributed by atoms with Gasteiger partial charge in [0.25, 0.3) is 0 Å². The average molecular weight is 1360 g/mol. The number of nitrogens with zero attached hydrogens (tertiary/aromatic N) is 10. The number of benzene rings is 7. The van der Waals surface area contributed by atoms with Crippen molar-refractivity contribution in [2.24, 2.45) is 0 Å². The lowest BCUT2D eigenvalue weighted by Crippen LogP contribution is -2.33. The summed E-state index contributed by atoms with van der Waals surface area (Å²) in [6.45, 7) is 11.1. The summed E-state index contributed by atoms with van der Waals surface area (Å²) in [7, 11) is 1.61. The third-order valence-corrected chi connectivity index (χ3v) is 18.1. The highest BCUT2D eigenvalue weighted by molar-refractivity contribution is 5.75. The third kappa shape index (κ3) is 16.6. The Morgan fingerprint density at radius 2 is 0.670 bits per heavy atom. The number of fused-ring (bicyclic) bond motifs is 4. The van der Waals surface area contributed by atoms with E-state index < -0.39 is 0 Å². The Balaban J connectivity index is 0.000000117. The Labute approximate surface area is 601 Å². The van der Waals surface area contributed by atoms with Crippen LogP contribution in [0.2, 0.25) is 0 Å². The van der Waals surface area contributed by atoms with E-state index in [1.54, 1.807) is 7.11 Å². The van der Waals surface area contributed by atoms with Crippen molar-refractivity contribution in [1.29, 1.82) is 0 Å². The molecule has 1 saturated heterocycles.